The Labute approximate surface area is 130 Å². The van der Waals surface area contributed by atoms with Gasteiger partial charge < -0.3 is 17.0 Å². The molecule has 0 atom stereocenters. The Morgan fingerprint density at radius 3 is 2.50 bits per heavy atom. The minimum Gasteiger partial charge on any atom is -1.00 e. The molecule has 0 radical (unpaired) electrons. The average molecular weight is 345 g/mol. The molecule has 1 aromatic rings. The van der Waals surface area contributed by atoms with Crippen molar-refractivity contribution in [3.8, 4) is 0 Å². The van der Waals surface area contributed by atoms with E-state index < -0.39 is 0 Å². The van der Waals surface area contributed by atoms with Crippen molar-refractivity contribution in [3.05, 3.63) is 35.9 Å². The zero-order chi connectivity index (χ0) is 11.8. The second-order valence-electron chi connectivity index (χ2n) is 4.41. The predicted octanol–water partition coefficient (Wildman–Crippen LogP) is 0.991. The normalized spacial score (nSPS) is 18.1. The van der Waals surface area contributed by atoms with Gasteiger partial charge in [-0.1, -0.05) is 24.6 Å². The average Bonchev–Trinajstić information content (AvgIpc) is 2.45. The first kappa shape index (κ1) is 16.2. The lowest BCUT2D eigenvalue weighted by atomic mass is 10.1. The molecular formula is C15H21BrS2. The molecule has 100 valence electrons. The molecular weight excluding hydrogens is 324 g/mol. The minimum absolute atomic E-state index is 0. The van der Waals surface area contributed by atoms with Gasteiger partial charge in [-0.15, -0.1) is 0 Å². The molecule has 0 saturated heterocycles. The number of rotatable bonds is 1. The van der Waals surface area contributed by atoms with Crippen LogP contribution in [0.2, 0.25) is 0 Å². The van der Waals surface area contributed by atoms with Gasteiger partial charge in [0, 0.05) is 18.4 Å². The summed E-state index contributed by atoms with van der Waals surface area (Å²) in [6.45, 7) is 0. The van der Waals surface area contributed by atoms with Crippen LogP contribution in [0.1, 0.15) is 37.7 Å². The van der Waals surface area contributed by atoms with Crippen LogP contribution in [0.4, 0.5) is 0 Å². The van der Waals surface area contributed by atoms with E-state index in [-0.39, 0.29) is 17.0 Å². The fraction of sp³-hybridized carbons (Fsp3) is 0.533. The molecule has 0 aliphatic carbocycles. The van der Waals surface area contributed by atoms with Crippen LogP contribution in [0, 0.1) is 0 Å². The molecule has 0 N–H and O–H groups in total. The van der Waals surface area contributed by atoms with E-state index in [9.17, 15) is 0 Å². The van der Waals surface area contributed by atoms with Crippen LogP contribution in [0.3, 0.4) is 0 Å². The second kappa shape index (κ2) is 9.99. The maximum atomic E-state index is 2.26. The van der Waals surface area contributed by atoms with Crippen LogP contribution in [-0.2, 0) is 11.4 Å². The van der Waals surface area contributed by atoms with Crippen molar-refractivity contribution >= 4 is 28.0 Å². The molecule has 1 aliphatic heterocycles. The summed E-state index contributed by atoms with van der Waals surface area (Å²) in [5, 5.41) is 0. The summed E-state index contributed by atoms with van der Waals surface area (Å²) in [7, 11) is 0. The minimum atomic E-state index is 0. The van der Waals surface area contributed by atoms with Crippen LogP contribution in [0.25, 0.3) is 0 Å². The topological polar surface area (TPSA) is 0 Å². The molecule has 0 amide bonds. The molecule has 1 heterocycles. The van der Waals surface area contributed by atoms with Crippen LogP contribution in [-0.4, -0.2) is 22.1 Å². The summed E-state index contributed by atoms with van der Waals surface area (Å²) in [4.78, 5) is 1.61. The van der Waals surface area contributed by atoms with Gasteiger partial charge in [0.15, 0.2) is 17.1 Å². The summed E-state index contributed by atoms with van der Waals surface area (Å²) in [5.41, 5.74) is 1.45. The third-order valence-corrected chi connectivity index (χ3v) is 5.43. The third-order valence-electron chi connectivity index (χ3n) is 3.00. The number of benzene rings is 1. The first-order valence-corrected chi connectivity index (χ1v) is 8.72. The largest absolute Gasteiger partial charge is 1.00 e. The molecule has 0 aromatic heterocycles. The van der Waals surface area contributed by atoms with Crippen LogP contribution < -0.4 is 17.0 Å². The lowest BCUT2D eigenvalue weighted by Crippen LogP contribution is -3.00. The predicted molar refractivity (Wildman–Crippen MR) is 83.2 cm³/mol. The van der Waals surface area contributed by atoms with E-state index in [2.05, 4.69) is 53.4 Å². The maximum Gasteiger partial charge on any atom is 0.208 e. The molecule has 0 fully saturated rings. The van der Waals surface area contributed by atoms with Crippen LogP contribution in [0.5, 0.6) is 0 Å². The van der Waals surface area contributed by atoms with E-state index in [1.807, 2.05) is 0 Å². The van der Waals surface area contributed by atoms with Gasteiger partial charge in [0.05, 0.1) is 0 Å². The van der Waals surface area contributed by atoms with E-state index in [0.29, 0.717) is 0 Å². The third kappa shape index (κ3) is 5.85. The summed E-state index contributed by atoms with van der Waals surface area (Å²) in [6.07, 6.45) is 6.78. The first-order valence-electron chi connectivity index (χ1n) is 6.58. The molecule has 1 aliphatic rings. The summed E-state index contributed by atoms with van der Waals surface area (Å²) in [6, 6.07) is 10.9. The van der Waals surface area contributed by atoms with Gasteiger partial charge in [-0.25, -0.2) is 0 Å². The van der Waals surface area contributed by atoms with Crippen LogP contribution >= 0.6 is 11.8 Å². The number of halogens is 1. The molecule has 1 aromatic carbocycles. The molecule has 0 spiro atoms. The molecule has 0 unspecified atom stereocenters. The fourth-order valence-corrected chi connectivity index (χ4v) is 4.32. The Morgan fingerprint density at radius 2 is 1.67 bits per heavy atom. The smallest absolute Gasteiger partial charge is 0.208 e. The van der Waals surface area contributed by atoms with Crippen molar-refractivity contribution in [2.24, 2.45) is 0 Å². The lowest BCUT2D eigenvalue weighted by Gasteiger charge is -1.99. The Kier molecular flexibility index (Phi) is 8.99. The van der Waals surface area contributed by atoms with Crippen molar-refractivity contribution in [1.82, 2.24) is 0 Å². The molecule has 0 bridgehead atoms. The van der Waals surface area contributed by atoms with Crippen molar-refractivity contribution < 1.29 is 17.0 Å². The van der Waals surface area contributed by atoms with Crippen molar-refractivity contribution in [2.75, 3.05) is 17.3 Å². The summed E-state index contributed by atoms with van der Waals surface area (Å²) in [5.74, 6) is 4.00. The lowest BCUT2D eigenvalue weighted by molar-refractivity contribution is -0.00000333. The van der Waals surface area contributed by atoms with Gasteiger partial charge in [-0.2, -0.15) is 11.8 Å². The van der Waals surface area contributed by atoms with Gasteiger partial charge >= 0.3 is 0 Å². The Morgan fingerprint density at radius 1 is 0.889 bits per heavy atom. The molecule has 2 rings (SSSR count). The monoisotopic (exact) mass is 344 g/mol. The highest BCUT2D eigenvalue weighted by Crippen LogP contribution is 2.13. The Bertz CT molecular complexity index is 349. The number of hydrogen-bond acceptors (Lipinski definition) is 1. The highest BCUT2D eigenvalue weighted by atomic mass is 79.9. The van der Waals surface area contributed by atoms with Gasteiger partial charge in [0.25, 0.3) is 0 Å². The zero-order valence-corrected chi connectivity index (χ0v) is 14.0. The van der Waals surface area contributed by atoms with Gasteiger partial charge in [0.1, 0.15) is 0 Å². The SMILES string of the molecule is [Br-].c1ccc(C2=[S+]CCCSCCCCC2)cc1. The van der Waals surface area contributed by atoms with Crippen LogP contribution in [0.15, 0.2) is 30.3 Å². The molecule has 0 saturated carbocycles. The molecule has 18 heavy (non-hydrogen) atoms. The van der Waals surface area contributed by atoms with Gasteiger partial charge in [-0.3, -0.25) is 0 Å². The number of thioether (sulfide) groups is 1. The van der Waals surface area contributed by atoms with Gasteiger partial charge in [-0.05, 0) is 36.5 Å². The fourth-order valence-electron chi connectivity index (χ4n) is 2.05. The summed E-state index contributed by atoms with van der Waals surface area (Å²) < 4.78 is 0. The van der Waals surface area contributed by atoms with Crippen molar-refractivity contribution in [2.45, 2.75) is 32.1 Å². The Hall–Kier alpha value is 0.140. The standard InChI is InChI=1S/C15H21S2.BrH/c1-3-8-14(9-4-1)15-10-5-2-6-11-16-12-7-13-17-15;/h1,3-4,8-9H,2,5-7,10-13H2;1H/q+1;/p-1. The van der Waals surface area contributed by atoms with Crippen molar-refractivity contribution in [3.63, 3.8) is 0 Å². The zero-order valence-electron chi connectivity index (χ0n) is 10.7. The highest BCUT2D eigenvalue weighted by molar-refractivity contribution is 7.99. The first-order chi connectivity index (χ1) is 8.47. The highest BCUT2D eigenvalue weighted by Gasteiger charge is 2.13. The second-order valence-corrected chi connectivity index (χ2v) is 6.83. The van der Waals surface area contributed by atoms with Crippen molar-refractivity contribution in [1.29, 1.82) is 0 Å². The number of hydrogen-bond donors (Lipinski definition) is 0. The summed E-state index contributed by atoms with van der Waals surface area (Å²) >= 11 is 4.22. The van der Waals surface area contributed by atoms with E-state index in [4.69, 9.17) is 0 Å². The van der Waals surface area contributed by atoms with E-state index >= 15 is 0 Å². The maximum absolute atomic E-state index is 2.26. The quantitative estimate of drug-likeness (QED) is 0.540. The molecule has 3 heteroatoms. The van der Waals surface area contributed by atoms with E-state index in [1.165, 1.54) is 54.9 Å². The van der Waals surface area contributed by atoms with E-state index in [0.717, 1.165) is 0 Å². The van der Waals surface area contributed by atoms with Gasteiger partial charge in [0.2, 0.25) is 4.86 Å². The van der Waals surface area contributed by atoms with E-state index in [1.54, 1.807) is 4.86 Å². The molecule has 0 nitrogen and oxygen atoms in total. The Balaban J connectivity index is 0.00000162.